The molecular formula is C8H10N2OS. The Morgan fingerprint density at radius 2 is 2.42 bits per heavy atom. The third-order valence-electron chi connectivity index (χ3n) is 1.47. The number of nitrogens with two attached hydrogens (primary N) is 1. The van der Waals surface area contributed by atoms with Crippen LogP contribution >= 0.6 is 11.3 Å². The van der Waals surface area contributed by atoms with Crippen LogP contribution in [0.3, 0.4) is 0 Å². The Kier molecular flexibility index (Phi) is 3.23. The van der Waals surface area contributed by atoms with Crippen LogP contribution in [0.1, 0.15) is 9.75 Å². The minimum atomic E-state index is -0.213. The number of hydrogen-bond acceptors (Lipinski definition) is 4. The maximum atomic E-state index is 8.67. The highest BCUT2D eigenvalue weighted by atomic mass is 32.1. The molecule has 0 saturated carbocycles. The molecule has 64 valence electrons. The van der Waals surface area contributed by atoms with Gasteiger partial charge in [0.2, 0.25) is 0 Å². The van der Waals surface area contributed by atoms with Gasteiger partial charge in [-0.15, -0.1) is 11.3 Å². The molecule has 1 rings (SSSR count). The van der Waals surface area contributed by atoms with Crippen molar-refractivity contribution >= 4 is 11.3 Å². The summed E-state index contributed by atoms with van der Waals surface area (Å²) >= 11 is 1.42. The zero-order valence-corrected chi connectivity index (χ0v) is 7.34. The van der Waals surface area contributed by atoms with Crippen LogP contribution in [0.15, 0.2) is 12.1 Å². The molecule has 0 fully saturated rings. The SMILES string of the molecule is N#Cc1ccc(CC(N)CO)s1. The van der Waals surface area contributed by atoms with Gasteiger partial charge in [0.25, 0.3) is 0 Å². The fraction of sp³-hybridized carbons (Fsp3) is 0.375. The molecular weight excluding hydrogens is 172 g/mol. The summed E-state index contributed by atoms with van der Waals surface area (Å²) in [5.41, 5.74) is 5.53. The van der Waals surface area contributed by atoms with Crippen LogP contribution in [0.2, 0.25) is 0 Å². The van der Waals surface area contributed by atoms with Crippen LogP contribution in [0, 0.1) is 11.3 Å². The molecule has 1 atom stereocenters. The standard InChI is InChI=1S/C8H10N2OS/c9-4-8-2-1-7(12-8)3-6(10)5-11/h1-2,6,11H,3,5,10H2. The summed E-state index contributed by atoms with van der Waals surface area (Å²) in [5, 5.41) is 17.2. The molecule has 0 aliphatic rings. The molecule has 0 bridgehead atoms. The Bertz CT molecular complexity index is 289. The van der Waals surface area contributed by atoms with Crippen LogP contribution in [0.4, 0.5) is 0 Å². The van der Waals surface area contributed by atoms with E-state index in [4.69, 9.17) is 16.1 Å². The number of aliphatic hydroxyl groups excluding tert-OH is 1. The van der Waals surface area contributed by atoms with Crippen molar-refractivity contribution in [1.82, 2.24) is 0 Å². The lowest BCUT2D eigenvalue weighted by atomic mass is 10.2. The third kappa shape index (κ3) is 2.31. The smallest absolute Gasteiger partial charge is 0.110 e. The van der Waals surface area contributed by atoms with Crippen LogP contribution in [-0.4, -0.2) is 17.8 Å². The molecule has 1 aromatic heterocycles. The summed E-state index contributed by atoms with van der Waals surface area (Å²) in [6, 6.07) is 5.48. The van der Waals surface area contributed by atoms with E-state index in [0.717, 1.165) is 4.88 Å². The molecule has 0 saturated heterocycles. The van der Waals surface area contributed by atoms with Crippen LogP contribution in [0.5, 0.6) is 0 Å². The van der Waals surface area contributed by atoms with Crippen molar-refractivity contribution < 1.29 is 5.11 Å². The second kappa shape index (κ2) is 4.21. The summed E-state index contributed by atoms with van der Waals surface area (Å²) < 4.78 is 0. The van der Waals surface area contributed by atoms with Crippen LogP contribution in [0.25, 0.3) is 0 Å². The third-order valence-corrected chi connectivity index (χ3v) is 2.48. The molecule has 12 heavy (non-hydrogen) atoms. The highest BCUT2D eigenvalue weighted by Gasteiger charge is 2.04. The predicted molar refractivity (Wildman–Crippen MR) is 47.8 cm³/mol. The molecule has 3 nitrogen and oxygen atoms in total. The molecule has 0 radical (unpaired) electrons. The van der Waals surface area contributed by atoms with Gasteiger partial charge in [0.05, 0.1) is 6.61 Å². The summed E-state index contributed by atoms with van der Waals surface area (Å²) in [6.07, 6.45) is 0.642. The fourth-order valence-electron chi connectivity index (χ4n) is 0.871. The maximum absolute atomic E-state index is 8.67. The zero-order chi connectivity index (χ0) is 8.97. The van der Waals surface area contributed by atoms with Gasteiger partial charge >= 0.3 is 0 Å². The molecule has 0 aliphatic carbocycles. The van der Waals surface area contributed by atoms with E-state index in [1.54, 1.807) is 6.07 Å². The van der Waals surface area contributed by atoms with Crippen molar-refractivity contribution in [3.8, 4) is 6.07 Å². The van der Waals surface area contributed by atoms with Gasteiger partial charge in [-0.1, -0.05) is 0 Å². The summed E-state index contributed by atoms with van der Waals surface area (Å²) in [4.78, 5) is 1.74. The fourth-order valence-corrected chi connectivity index (χ4v) is 1.77. The molecule has 0 aromatic carbocycles. The Labute approximate surface area is 75.1 Å². The average Bonchev–Trinajstić information content (AvgIpc) is 2.52. The van der Waals surface area contributed by atoms with Gasteiger partial charge in [-0.25, -0.2) is 0 Å². The second-order valence-electron chi connectivity index (χ2n) is 2.52. The van der Waals surface area contributed by atoms with Crippen molar-refractivity contribution in [3.05, 3.63) is 21.9 Å². The number of aliphatic hydroxyl groups is 1. The number of nitriles is 1. The molecule has 1 heterocycles. The lowest BCUT2D eigenvalue weighted by Crippen LogP contribution is -2.26. The van der Waals surface area contributed by atoms with Crippen molar-refractivity contribution in [1.29, 1.82) is 5.26 Å². The molecule has 0 amide bonds. The van der Waals surface area contributed by atoms with E-state index in [0.29, 0.717) is 11.3 Å². The Hall–Kier alpha value is -0.890. The minimum Gasteiger partial charge on any atom is -0.395 e. The number of hydrogen-bond donors (Lipinski definition) is 2. The first-order valence-corrected chi connectivity index (χ1v) is 4.43. The van der Waals surface area contributed by atoms with E-state index in [-0.39, 0.29) is 12.6 Å². The quantitative estimate of drug-likeness (QED) is 0.714. The number of thiophene rings is 1. The van der Waals surface area contributed by atoms with Gasteiger partial charge in [0.1, 0.15) is 10.9 Å². The van der Waals surface area contributed by atoms with Gasteiger partial charge in [-0.05, 0) is 18.6 Å². The Balaban J connectivity index is 2.59. The van der Waals surface area contributed by atoms with E-state index in [1.807, 2.05) is 6.07 Å². The predicted octanol–water partition coefficient (Wildman–Crippen LogP) is 0.482. The maximum Gasteiger partial charge on any atom is 0.110 e. The van der Waals surface area contributed by atoms with Crippen molar-refractivity contribution in [2.45, 2.75) is 12.5 Å². The summed E-state index contributed by atoms with van der Waals surface area (Å²) in [6.45, 7) is -0.0141. The lowest BCUT2D eigenvalue weighted by Gasteiger charge is -2.03. The van der Waals surface area contributed by atoms with E-state index < -0.39 is 0 Å². The van der Waals surface area contributed by atoms with Crippen molar-refractivity contribution in [2.24, 2.45) is 5.73 Å². The summed E-state index contributed by atoms with van der Waals surface area (Å²) in [7, 11) is 0. The van der Waals surface area contributed by atoms with E-state index in [2.05, 4.69) is 6.07 Å². The van der Waals surface area contributed by atoms with Crippen LogP contribution in [-0.2, 0) is 6.42 Å². The summed E-state index contributed by atoms with van der Waals surface area (Å²) in [5.74, 6) is 0. The Morgan fingerprint density at radius 3 is 2.92 bits per heavy atom. The van der Waals surface area contributed by atoms with Gasteiger partial charge in [0, 0.05) is 10.9 Å². The van der Waals surface area contributed by atoms with E-state index in [9.17, 15) is 0 Å². The van der Waals surface area contributed by atoms with Gasteiger partial charge in [-0.3, -0.25) is 0 Å². The molecule has 0 aliphatic heterocycles. The monoisotopic (exact) mass is 182 g/mol. The molecule has 0 spiro atoms. The van der Waals surface area contributed by atoms with Gasteiger partial charge < -0.3 is 10.8 Å². The number of rotatable bonds is 3. The largest absolute Gasteiger partial charge is 0.395 e. The Morgan fingerprint density at radius 1 is 1.67 bits per heavy atom. The van der Waals surface area contributed by atoms with Crippen molar-refractivity contribution in [3.63, 3.8) is 0 Å². The van der Waals surface area contributed by atoms with Crippen LogP contribution < -0.4 is 5.73 Å². The lowest BCUT2D eigenvalue weighted by molar-refractivity contribution is 0.266. The molecule has 4 heteroatoms. The van der Waals surface area contributed by atoms with Crippen molar-refractivity contribution in [2.75, 3.05) is 6.61 Å². The molecule has 3 N–H and O–H groups in total. The van der Waals surface area contributed by atoms with Gasteiger partial charge in [0.15, 0.2) is 0 Å². The second-order valence-corrected chi connectivity index (χ2v) is 3.69. The first-order valence-electron chi connectivity index (χ1n) is 3.61. The molecule has 1 aromatic rings. The van der Waals surface area contributed by atoms with E-state index >= 15 is 0 Å². The minimum absolute atomic E-state index is 0.0141. The zero-order valence-electron chi connectivity index (χ0n) is 6.53. The molecule has 1 unspecified atom stereocenters. The normalized spacial score (nSPS) is 12.4. The highest BCUT2D eigenvalue weighted by Crippen LogP contribution is 2.16. The first kappa shape index (κ1) is 9.20. The first-order chi connectivity index (χ1) is 5.76. The van der Waals surface area contributed by atoms with E-state index in [1.165, 1.54) is 11.3 Å². The topological polar surface area (TPSA) is 70.0 Å². The number of nitrogens with zero attached hydrogens (tertiary/aromatic N) is 1. The van der Waals surface area contributed by atoms with Gasteiger partial charge in [-0.2, -0.15) is 5.26 Å². The average molecular weight is 182 g/mol. The highest BCUT2D eigenvalue weighted by molar-refractivity contribution is 7.12.